The number of hydrogen-bond donors (Lipinski definition) is 1. The van der Waals surface area contributed by atoms with E-state index in [0.29, 0.717) is 32.1 Å². The third kappa shape index (κ3) is 4.26. The molecule has 0 aliphatic carbocycles. The number of nitrogens with zero attached hydrogens (tertiary/aromatic N) is 2. The number of nitrogens with one attached hydrogen (secondary N) is 1. The highest BCUT2D eigenvalue weighted by Gasteiger charge is 2.23. The van der Waals surface area contributed by atoms with Crippen molar-refractivity contribution in [1.29, 1.82) is 0 Å². The van der Waals surface area contributed by atoms with Crippen LogP contribution in [0, 0.1) is 11.8 Å². The van der Waals surface area contributed by atoms with Gasteiger partial charge in [0.2, 0.25) is 0 Å². The molecule has 0 bridgehead atoms. The number of esters is 1. The van der Waals surface area contributed by atoms with Crippen molar-refractivity contribution in [3.63, 3.8) is 0 Å². The first-order valence-electron chi connectivity index (χ1n) is 9.33. The molecule has 0 saturated heterocycles. The predicted octanol–water partition coefficient (Wildman–Crippen LogP) is 6.16. The number of H-pyrrole nitrogens is 1. The SMILES string of the molecule is CCOC(=O)c1c(C)n(-c2ccc(Cl)cc2)c2cc(Br)c(OCc3n[nH]c(=S)o3)cc12. The maximum atomic E-state index is 12.8. The van der Waals surface area contributed by atoms with Gasteiger partial charge in [-0.15, -0.1) is 5.10 Å². The van der Waals surface area contributed by atoms with Crippen LogP contribution in [-0.2, 0) is 11.3 Å². The zero-order chi connectivity index (χ0) is 22.1. The quantitative estimate of drug-likeness (QED) is 0.241. The topological polar surface area (TPSA) is 82.3 Å². The maximum absolute atomic E-state index is 12.8. The molecule has 4 aromatic rings. The molecule has 0 radical (unpaired) electrons. The average molecular weight is 523 g/mol. The Hall–Kier alpha value is -2.62. The number of hydrogen-bond acceptors (Lipinski definition) is 6. The molecule has 31 heavy (non-hydrogen) atoms. The minimum Gasteiger partial charge on any atom is -0.483 e. The molecule has 2 heterocycles. The molecule has 0 unspecified atom stereocenters. The average Bonchev–Trinajstić information content (AvgIpc) is 3.27. The van der Waals surface area contributed by atoms with Crippen LogP contribution in [0.1, 0.15) is 28.9 Å². The van der Waals surface area contributed by atoms with Crippen molar-refractivity contribution in [3.8, 4) is 11.4 Å². The lowest BCUT2D eigenvalue weighted by molar-refractivity contribution is 0.0527. The van der Waals surface area contributed by atoms with Crippen LogP contribution in [0.2, 0.25) is 5.02 Å². The lowest BCUT2D eigenvalue weighted by Gasteiger charge is -2.10. The van der Waals surface area contributed by atoms with Crippen LogP contribution in [0.5, 0.6) is 5.75 Å². The highest BCUT2D eigenvalue weighted by molar-refractivity contribution is 9.10. The maximum Gasteiger partial charge on any atom is 0.340 e. The molecule has 0 amide bonds. The van der Waals surface area contributed by atoms with Crippen LogP contribution in [-0.4, -0.2) is 27.3 Å². The third-order valence-corrected chi connectivity index (χ3v) is 5.70. The van der Waals surface area contributed by atoms with Gasteiger partial charge in [0.15, 0.2) is 6.61 Å². The Kier molecular flexibility index (Phi) is 6.17. The molecule has 2 aromatic carbocycles. The highest BCUT2D eigenvalue weighted by atomic mass is 79.9. The van der Waals surface area contributed by atoms with Crippen molar-refractivity contribution in [3.05, 3.63) is 67.9 Å². The fraction of sp³-hybridized carbons (Fsp3) is 0.190. The molecule has 0 fully saturated rings. The lowest BCUT2D eigenvalue weighted by atomic mass is 10.1. The fourth-order valence-electron chi connectivity index (χ4n) is 3.37. The molecular formula is C21H17BrClN3O4S. The van der Waals surface area contributed by atoms with Gasteiger partial charge in [0.1, 0.15) is 5.75 Å². The van der Waals surface area contributed by atoms with E-state index in [1.807, 2.05) is 29.7 Å². The number of halogens is 2. The molecule has 0 atom stereocenters. The van der Waals surface area contributed by atoms with Crippen molar-refractivity contribution < 1.29 is 18.7 Å². The normalized spacial score (nSPS) is 11.1. The van der Waals surface area contributed by atoms with E-state index in [2.05, 4.69) is 26.1 Å². The molecule has 1 N–H and O–H groups in total. The Morgan fingerprint density at radius 1 is 1.32 bits per heavy atom. The number of aromatic amines is 1. The molecule has 0 saturated carbocycles. The second-order valence-corrected chi connectivity index (χ2v) is 8.25. The summed E-state index contributed by atoms with van der Waals surface area (Å²) in [5, 5.41) is 7.82. The van der Waals surface area contributed by atoms with Crippen LogP contribution in [0.15, 0.2) is 45.3 Å². The van der Waals surface area contributed by atoms with Crippen molar-refractivity contribution in [2.24, 2.45) is 0 Å². The molecule has 7 nitrogen and oxygen atoms in total. The summed E-state index contributed by atoms with van der Waals surface area (Å²) in [5.74, 6) is 0.442. The monoisotopic (exact) mass is 521 g/mol. The van der Waals surface area contributed by atoms with Crippen LogP contribution in [0.3, 0.4) is 0 Å². The minimum absolute atomic E-state index is 0.0723. The Morgan fingerprint density at radius 2 is 2.06 bits per heavy atom. The van der Waals surface area contributed by atoms with Gasteiger partial charge in [-0.25, -0.2) is 9.89 Å². The smallest absolute Gasteiger partial charge is 0.340 e. The number of carbonyl (C=O) groups excluding carboxylic acids is 1. The lowest BCUT2D eigenvalue weighted by Crippen LogP contribution is -2.07. The molecule has 10 heteroatoms. The zero-order valence-corrected chi connectivity index (χ0v) is 19.7. The molecule has 160 valence electrons. The van der Waals surface area contributed by atoms with E-state index in [-0.39, 0.29) is 18.1 Å². The van der Waals surface area contributed by atoms with Gasteiger partial charge in [-0.05, 0) is 78.4 Å². The number of aromatic nitrogens is 3. The standard InChI is InChI=1S/C21H17BrClN3O4S/c1-3-28-20(27)19-11(2)26(13-6-4-12(23)5-7-13)16-9-15(22)17(8-14(16)19)29-10-18-24-25-21(31)30-18/h4-9H,3,10H2,1-2H3,(H,25,31). The third-order valence-electron chi connectivity index (χ3n) is 4.66. The summed E-state index contributed by atoms with van der Waals surface area (Å²) in [6.45, 7) is 4.00. The van der Waals surface area contributed by atoms with E-state index < -0.39 is 5.97 Å². The largest absolute Gasteiger partial charge is 0.483 e. The number of fused-ring (bicyclic) bond motifs is 1. The van der Waals surface area contributed by atoms with E-state index >= 15 is 0 Å². The number of carbonyl (C=O) groups is 1. The van der Waals surface area contributed by atoms with Gasteiger partial charge >= 0.3 is 5.97 Å². The highest BCUT2D eigenvalue weighted by Crippen LogP contribution is 2.37. The molecule has 0 spiro atoms. The van der Waals surface area contributed by atoms with Gasteiger partial charge in [-0.2, -0.15) is 0 Å². The summed E-state index contributed by atoms with van der Waals surface area (Å²) in [4.78, 5) is 13.0. The Balaban J connectivity index is 1.86. The van der Waals surface area contributed by atoms with Gasteiger partial charge in [0.05, 0.1) is 22.2 Å². The van der Waals surface area contributed by atoms with Crippen LogP contribution >= 0.6 is 39.7 Å². The minimum atomic E-state index is -0.399. The number of benzene rings is 2. The molecule has 2 aromatic heterocycles. The van der Waals surface area contributed by atoms with Gasteiger partial charge in [0, 0.05) is 21.8 Å². The van der Waals surface area contributed by atoms with Gasteiger partial charge in [-0.1, -0.05) is 11.6 Å². The number of ether oxygens (including phenoxy) is 2. The van der Waals surface area contributed by atoms with Crippen LogP contribution < -0.4 is 4.74 Å². The van der Waals surface area contributed by atoms with E-state index in [0.717, 1.165) is 16.9 Å². The van der Waals surface area contributed by atoms with Crippen molar-refractivity contribution in [2.45, 2.75) is 20.5 Å². The van der Waals surface area contributed by atoms with E-state index in [1.165, 1.54) is 0 Å². The van der Waals surface area contributed by atoms with Crippen LogP contribution in [0.25, 0.3) is 16.6 Å². The Bertz CT molecular complexity index is 1330. The van der Waals surface area contributed by atoms with Crippen molar-refractivity contribution in [1.82, 2.24) is 14.8 Å². The second kappa shape index (κ2) is 8.86. The Labute approximate surface area is 196 Å². The summed E-state index contributed by atoms with van der Waals surface area (Å²) in [5.41, 5.74) is 2.91. The first-order chi connectivity index (χ1) is 14.9. The van der Waals surface area contributed by atoms with Crippen molar-refractivity contribution in [2.75, 3.05) is 6.61 Å². The van der Waals surface area contributed by atoms with Crippen LogP contribution in [0.4, 0.5) is 0 Å². The predicted molar refractivity (Wildman–Crippen MR) is 123 cm³/mol. The first-order valence-corrected chi connectivity index (χ1v) is 10.9. The van der Waals surface area contributed by atoms with Gasteiger partial charge in [-0.3, -0.25) is 0 Å². The second-order valence-electron chi connectivity index (χ2n) is 6.59. The summed E-state index contributed by atoms with van der Waals surface area (Å²) in [6.07, 6.45) is 0. The van der Waals surface area contributed by atoms with E-state index in [9.17, 15) is 4.79 Å². The summed E-state index contributed by atoms with van der Waals surface area (Å²) in [7, 11) is 0. The zero-order valence-electron chi connectivity index (χ0n) is 16.6. The Morgan fingerprint density at radius 3 is 2.71 bits per heavy atom. The molecule has 4 rings (SSSR count). The molecular weight excluding hydrogens is 506 g/mol. The fourth-order valence-corrected chi connectivity index (χ4v) is 4.09. The van der Waals surface area contributed by atoms with Gasteiger partial charge in [0.25, 0.3) is 10.7 Å². The van der Waals surface area contributed by atoms with Gasteiger partial charge < -0.3 is 18.5 Å². The van der Waals surface area contributed by atoms with Crippen molar-refractivity contribution >= 4 is 56.6 Å². The first kappa shape index (κ1) is 21.6. The number of rotatable bonds is 6. The van der Waals surface area contributed by atoms with E-state index in [1.54, 1.807) is 25.1 Å². The molecule has 0 aliphatic heterocycles. The summed E-state index contributed by atoms with van der Waals surface area (Å²) in [6, 6.07) is 11.1. The summed E-state index contributed by atoms with van der Waals surface area (Å²) < 4.78 is 19.1. The summed E-state index contributed by atoms with van der Waals surface area (Å²) >= 11 is 14.5. The van der Waals surface area contributed by atoms with E-state index in [4.69, 9.17) is 37.7 Å². The molecule has 0 aliphatic rings.